The number of nitrogens with two attached hydrogens (primary N) is 1. The monoisotopic (exact) mass is 299 g/mol. The Morgan fingerprint density at radius 3 is 2.80 bits per heavy atom. The summed E-state index contributed by atoms with van der Waals surface area (Å²) < 4.78 is 40.8. The maximum atomic E-state index is 13.0. The van der Waals surface area contributed by atoms with Crippen molar-refractivity contribution in [2.24, 2.45) is 7.05 Å². The predicted octanol–water partition coefficient (Wildman–Crippen LogP) is 0.0574. The zero-order chi connectivity index (χ0) is 14.8. The smallest absolute Gasteiger partial charge is 0.240 e. The normalized spacial score (nSPS) is 11.7. The van der Waals surface area contributed by atoms with Gasteiger partial charge in [-0.3, -0.25) is 4.68 Å². The first-order valence-corrected chi connectivity index (χ1v) is 7.26. The molecule has 3 N–H and O–H groups in total. The van der Waals surface area contributed by atoms with Gasteiger partial charge in [-0.2, -0.15) is 5.10 Å². The van der Waals surface area contributed by atoms with E-state index in [1.165, 1.54) is 11.0 Å². The SMILES string of the molecule is Cn1cnc(CCNS(=O)(=O)c2ccc(F)c(N)c2)n1. The molecule has 2 rings (SSSR count). The van der Waals surface area contributed by atoms with Crippen LogP contribution in [0, 0.1) is 5.82 Å². The number of hydrogen-bond donors (Lipinski definition) is 2. The van der Waals surface area contributed by atoms with Crippen LogP contribution in [-0.2, 0) is 23.5 Å². The van der Waals surface area contributed by atoms with E-state index in [2.05, 4.69) is 14.8 Å². The lowest BCUT2D eigenvalue weighted by Gasteiger charge is -2.06. The molecule has 0 unspecified atom stereocenters. The summed E-state index contributed by atoms with van der Waals surface area (Å²) in [4.78, 5) is 3.90. The van der Waals surface area contributed by atoms with E-state index in [0.717, 1.165) is 18.2 Å². The highest BCUT2D eigenvalue weighted by molar-refractivity contribution is 7.89. The number of rotatable bonds is 5. The standard InChI is InChI=1S/C11H14FN5O2S/c1-17-7-14-11(16-17)4-5-15-20(18,19)8-2-3-9(12)10(13)6-8/h2-3,6-7,15H,4-5,13H2,1H3. The number of nitrogens with one attached hydrogen (secondary N) is 1. The predicted molar refractivity (Wildman–Crippen MR) is 70.7 cm³/mol. The molecule has 0 atom stereocenters. The summed E-state index contributed by atoms with van der Waals surface area (Å²) in [6.45, 7) is 0.142. The lowest BCUT2D eigenvalue weighted by atomic mass is 10.3. The summed E-state index contributed by atoms with van der Waals surface area (Å²) in [6.07, 6.45) is 1.89. The molecule has 7 nitrogen and oxygen atoms in total. The number of sulfonamides is 1. The van der Waals surface area contributed by atoms with Gasteiger partial charge < -0.3 is 5.73 Å². The van der Waals surface area contributed by atoms with Gasteiger partial charge in [0.25, 0.3) is 0 Å². The van der Waals surface area contributed by atoms with Crippen molar-refractivity contribution in [2.45, 2.75) is 11.3 Å². The van der Waals surface area contributed by atoms with E-state index in [0.29, 0.717) is 12.2 Å². The second-order valence-corrected chi connectivity index (χ2v) is 5.93. The number of benzene rings is 1. The van der Waals surface area contributed by atoms with Crippen LogP contribution in [0.1, 0.15) is 5.82 Å². The minimum absolute atomic E-state index is 0.0784. The second kappa shape index (κ2) is 5.55. The molecule has 0 aliphatic carbocycles. The Hall–Kier alpha value is -2.00. The van der Waals surface area contributed by atoms with Gasteiger partial charge >= 0.3 is 0 Å². The van der Waals surface area contributed by atoms with Crippen LogP contribution in [0.2, 0.25) is 0 Å². The van der Waals surface area contributed by atoms with Gasteiger partial charge in [-0.15, -0.1) is 0 Å². The van der Waals surface area contributed by atoms with Gasteiger partial charge in [-0.25, -0.2) is 22.5 Å². The number of aryl methyl sites for hydroxylation is 1. The number of nitrogens with zero attached hydrogens (tertiary/aromatic N) is 3. The molecule has 0 saturated heterocycles. The van der Waals surface area contributed by atoms with Crippen LogP contribution < -0.4 is 10.5 Å². The third-order valence-electron chi connectivity index (χ3n) is 2.57. The van der Waals surface area contributed by atoms with Crippen molar-refractivity contribution in [1.82, 2.24) is 19.5 Å². The minimum Gasteiger partial charge on any atom is -0.396 e. The summed E-state index contributed by atoms with van der Waals surface area (Å²) in [5.74, 6) is -0.115. The van der Waals surface area contributed by atoms with Gasteiger partial charge in [0.15, 0.2) is 5.82 Å². The van der Waals surface area contributed by atoms with E-state index in [1.807, 2.05) is 0 Å². The highest BCUT2D eigenvalue weighted by Gasteiger charge is 2.15. The molecular formula is C11H14FN5O2S. The minimum atomic E-state index is -3.72. The molecule has 0 spiro atoms. The average Bonchev–Trinajstić information content (AvgIpc) is 2.78. The first kappa shape index (κ1) is 14.4. The molecule has 0 fully saturated rings. The van der Waals surface area contributed by atoms with Crippen LogP contribution in [0.4, 0.5) is 10.1 Å². The van der Waals surface area contributed by atoms with Crippen molar-refractivity contribution in [2.75, 3.05) is 12.3 Å². The van der Waals surface area contributed by atoms with Crippen LogP contribution >= 0.6 is 0 Å². The molecule has 9 heteroatoms. The molecule has 0 aliphatic rings. The fourth-order valence-corrected chi connectivity index (χ4v) is 2.63. The van der Waals surface area contributed by atoms with Crippen LogP contribution in [0.15, 0.2) is 29.4 Å². The van der Waals surface area contributed by atoms with Crippen LogP contribution in [0.5, 0.6) is 0 Å². The Balaban J connectivity index is 2.02. The van der Waals surface area contributed by atoms with E-state index in [-0.39, 0.29) is 17.1 Å². The lowest BCUT2D eigenvalue weighted by Crippen LogP contribution is -2.26. The first-order chi connectivity index (χ1) is 9.38. The van der Waals surface area contributed by atoms with Crippen LogP contribution in [-0.4, -0.2) is 29.7 Å². The highest BCUT2D eigenvalue weighted by atomic mass is 32.2. The van der Waals surface area contributed by atoms with Gasteiger partial charge in [0, 0.05) is 20.0 Å². The van der Waals surface area contributed by atoms with E-state index < -0.39 is 15.8 Å². The van der Waals surface area contributed by atoms with Gasteiger partial charge in [-0.05, 0) is 18.2 Å². The molecule has 1 heterocycles. The number of hydrogen-bond acceptors (Lipinski definition) is 5. The molecule has 0 aliphatic heterocycles. The molecule has 108 valence electrons. The van der Waals surface area contributed by atoms with Gasteiger partial charge in [-0.1, -0.05) is 0 Å². The van der Waals surface area contributed by atoms with Crippen molar-refractivity contribution in [1.29, 1.82) is 0 Å². The molecule has 0 saturated carbocycles. The molecule has 2 aromatic rings. The van der Waals surface area contributed by atoms with E-state index >= 15 is 0 Å². The van der Waals surface area contributed by atoms with Crippen molar-refractivity contribution >= 4 is 15.7 Å². The third kappa shape index (κ3) is 3.31. The summed E-state index contributed by atoms with van der Waals surface area (Å²) in [6, 6.07) is 3.26. The Morgan fingerprint density at radius 1 is 1.45 bits per heavy atom. The first-order valence-electron chi connectivity index (χ1n) is 5.78. The Labute approximate surface area is 115 Å². The maximum absolute atomic E-state index is 13.0. The topological polar surface area (TPSA) is 103 Å². The van der Waals surface area contributed by atoms with Crippen molar-refractivity contribution < 1.29 is 12.8 Å². The largest absolute Gasteiger partial charge is 0.396 e. The Morgan fingerprint density at radius 2 is 2.20 bits per heavy atom. The number of aromatic nitrogens is 3. The fourth-order valence-electron chi connectivity index (χ4n) is 1.57. The molecular weight excluding hydrogens is 285 g/mol. The van der Waals surface area contributed by atoms with E-state index in [9.17, 15) is 12.8 Å². The average molecular weight is 299 g/mol. The Kier molecular flexibility index (Phi) is 4.00. The molecule has 20 heavy (non-hydrogen) atoms. The number of nitrogen functional groups attached to an aromatic ring is 1. The quantitative estimate of drug-likeness (QED) is 0.760. The summed E-state index contributed by atoms with van der Waals surface area (Å²) in [7, 11) is -2.00. The summed E-state index contributed by atoms with van der Waals surface area (Å²) in [5, 5.41) is 4.03. The lowest BCUT2D eigenvalue weighted by molar-refractivity contribution is 0.580. The van der Waals surface area contributed by atoms with E-state index in [1.54, 1.807) is 7.05 Å². The zero-order valence-electron chi connectivity index (χ0n) is 10.7. The summed E-state index contributed by atoms with van der Waals surface area (Å²) >= 11 is 0. The zero-order valence-corrected chi connectivity index (χ0v) is 11.6. The summed E-state index contributed by atoms with van der Waals surface area (Å²) in [5.41, 5.74) is 5.14. The third-order valence-corrected chi connectivity index (χ3v) is 4.02. The fraction of sp³-hybridized carbons (Fsp3) is 0.273. The highest BCUT2D eigenvalue weighted by Crippen LogP contribution is 2.16. The van der Waals surface area contributed by atoms with Crippen LogP contribution in [0.25, 0.3) is 0 Å². The Bertz CT molecular complexity index is 713. The molecule has 1 aromatic heterocycles. The van der Waals surface area contributed by atoms with Crippen LogP contribution in [0.3, 0.4) is 0 Å². The van der Waals surface area contributed by atoms with Gasteiger partial charge in [0.1, 0.15) is 12.1 Å². The van der Waals surface area contributed by atoms with Crippen molar-refractivity contribution in [3.63, 3.8) is 0 Å². The molecule has 0 amide bonds. The number of anilines is 1. The maximum Gasteiger partial charge on any atom is 0.240 e. The van der Waals surface area contributed by atoms with Crippen molar-refractivity contribution in [3.05, 3.63) is 36.2 Å². The molecule has 0 radical (unpaired) electrons. The second-order valence-electron chi connectivity index (χ2n) is 4.17. The van der Waals surface area contributed by atoms with E-state index in [4.69, 9.17) is 5.73 Å². The molecule has 0 bridgehead atoms. The number of halogens is 1. The molecule has 1 aromatic carbocycles. The van der Waals surface area contributed by atoms with Gasteiger partial charge in [0.2, 0.25) is 10.0 Å². The van der Waals surface area contributed by atoms with Crippen molar-refractivity contribution in [3.8, 4) is 0 Å². The van der Waals surface area contributed by atoms with Gasteiger partial charge in [0.05, 0.1) is 10.6 Å².